The molecule has 0 aromatic carbocycles. The van der Waals surface area contributed by atoms with Crippen molar-refractivity contribution >= 4 is 31.0 Å². The first-order chi connectivity index (χ1) is 6.17. The zero-order valence-electron chi connectivity index (χ0n) is 8.46. The van der Waals surface area contributed by atoms with Crippen LogP contribution in [0.15, 0.2) is 9.08 Å². The van der Waals surface area contributed by atoms with Crippen LogP contribution in [-0.4, -0.2) is 20.3 Å². The molecule has 0 aliphatic carbocycles. The highest BCUT2D eigenvalue weighted by atomic mass is 127. The van der Waals surface area contributed by atoms with Crippen molar-refractivity contribution < 1.29 is 13.8 Å². The Balaban J connectivity index is 4.34. The first-order valence-corrected chi connectivity index (χ1v) is 6.39. The van der Waals surface area contributed by atoms with Crippen LogP contribution in [0.1, 0.15) is 20.8 Å². The summed E-state index contributed by atoms with van der Waals surface area (Å²) in [5.74, 6) is 0. The SMILES string of the molecule is CCOP(OCC)/C(C)=C(\I)OC. The van der Waals surface area contributed by atoms with Gasteiger partial charge in [0.05, 0.1) is 25.6 Å². The van der Waals surface area contributed by atoms with Gasteiger partial charge >= 0.3 is 0 Å². The Labute approximate surface area is 94.9 Å². The molecule has 0 saturated carbocycles. The van der Waals surface area contributed by atoms with E-state index < -0.39 is 8.38 Å². The van der Waals surface area contributed by atoms with Crippen LogP contribution >= 0.6 is 31.0 Å². The molecule has 0 aromatic rings. The third-order valence-electron chi connectivity index (χ3n) is 1.23. The minimum Gasteiger partial charge on any atom is -0.490 e. The maximum Gasteiger partial charge on any atom is 0.204 e. The quantitative estimate of drug-likeness (QED) is 0.425. The number of hydrogen-bond donors (Lipinski definition) is 0. The molecule has 3 nitrogen and oxygen atoms in total. The molecule has 0 aliphatic heterocycles. The first kappa shape index (κ1) is 13.6. The van der Waals surface area contributed by atoms with Crippen molar-refractivity contribution in [3.63, 3.8) is 0 Å². The number of halogens is 1. The van der Waals surface area contributed by atoms with Gasteiger partial charge in [-0.1, -0.05) is 0 Å². The molecule has 0 saturated heterocycles. The molecule has 0 bridgehead atoms. The van der Waals surface area contributed by atoms with Gasteiger partial charge in [0.25, 0.3) is 0 Å². The molecule has 0 atom stereocenters. The second kappa shape index (κ2) is 7.97. The molecule has 0 fully saturated rings. The molecule has 0 amide bonds. The molecule has 0 spiro atoms. The van der Waals surface area contributed by atoms with Crippen LogP contribution in [0.4, 0.5) is 0 Å². The summed E-state index contributed by atoms with van der Waals surface area (Å²) in [6.45, 7) is 7.22. The van der Waals surface area contributed by atoms with E-state index in [9.17, 15) is 0 Å². The van der Waals surface area contributed by atoms with Gasteiger partial charge in [-0.3, -0.25) is 0 Å². The lowest BCUT2D eigenvalue weighted by Gasteiger charge is -2.16. The molecule has 0 aromatic heterocycles. The molecular formula is C8H16IO3P. The first-order valence-electron chi connectivity index (χ1n) is 4.13. The number of methoxy groups -OCH3 is 1. The van der Waals surface area contributed by atoms with Crippen LogP contribution in [0.5, 0.6) is 0 Å². The Morgan fingerprint density at radius 1 is 1.23 bits per heavy atom. The van der Waals surface area contributed by atoms with E-state index in [0.717, 1.165) is 9.08 Å². The Bertz CT molecular complexity index is 167. The van der Waals surface area contributed by atoms with Crippen molar-refractivity contribution in [1.29, 1.82) is 0 Å². The van der Waals surface area contributed by atoms with E-state index in [1.54, 1.807) is 7.11 Å². The Hall–Kier alpha value is 0.620. The largest absolute Gasteiger partial charge is 0.490 e. The van der Waals surface area contributed by atoms with Crippen LogP contribution in [-0.2, 0) is 13.8 Å². The summed E-state index contributed by atoms with van der Waals surface area (Å²) in [5.41, 5.74) is 0. The fourth-order valence-electron chi connectivity index (χ4n) is 0.685. The summed E-state index contributed by atoms with van der Waals surface area (Å²) in [6.07, 6.45) is 0. The van der Waals surface area contributed by atoms with Crippen LogP contribution in [0, 0.1) is 0 Å². The van der Waals surface area contributed by atoms with Crippen molar-refractivity contribution in [3.8, 4) is 0 Å². The van der Waals surface area contributed by atoms with Crippen molar-refractivity contribution in [1.82, 2.24) is 0 Å². The normalized spacial score (nSPS) is 13.1. The van der Waals surface area contributed by atoms with Crippen molar-refractivity contribution in [2.24, 2.45) is 0 Å². The van der Waals surface area contributed by atoms with Gasteiger partial charge in [-0.25, -0.2) is 0 Å². The van der Waals surface area contributed by atoms with Gasteiger partial charge in [0, 0.05) is 0 Å². The maximum absolute atomic E-state index is 5.47. The van der Waals surface area contributed by atoms with Crippen LogP contribution in [0.25, 0.3) is 0 Å². The molecule has 5 heteroatoms. The van der Waals surface area contributed by atoms with Gasteiger partial charge in [-0.05, 0) is 43.4 Å². The third-order valence-corrected chi connectivity index (χ3v) is 4.64. The van der Waals surface area contributed by atoms with Gasteiger partial charge in [0.15, 0.2) is 3.77 Å². The number of rotatable bonds is 6. The fraction of sp³-hybridized carbons (Fsp3) is 0.750. The predicted molar refractivity (Wildman–Crippen MR) is 63.9 cm³/mol. The van der Waals surface area contributed by atoms with Crippen molar-refractivity contribution in [2.75, 3.05) is 20.3 Å². The minimum atomic E-state index is -0.920. The summed E-state index contributed by atoms with van der Waals surface area (Å²) in [7, 11) is 0.729. The summed E-state index contributed by atoms with van der Waals surface area (Å²) in [4.78, 5) is 0. The average Bonchev–Trinajstić information content (AvgIpc) is 2.15. The second-order valence-electron chi connectivity index (χ2n) is 2.16. The second-order valence-corrected chi connectivity index (χ2v) is 4.84. The zero-order chi connectivity index (χ0) is 10.3. The number of ether oxygens (including phenoxy) is 1. The molecule has 0 radical (unpaired) electrons. The third kappa shape index (κ3) is 5.15. The van der Waals surface area contributed by atoms with Gasteiger partial charge in [0.2, 0.25) is 8.38 Å². The fourth-order valence-corrected chi connectivity index (χ4v) is 2.44. The molecule has 0 N–H and O–H groups in total. The topological polar surface area (TPSA) is 27.7 Å². The maximum atomic E-state index is 5.47. The number of allylic oxidation sites excluding steroid dienone is 1. The monoisotopic (exact) mass is 318 g/mol. The summed E-state index contributed by atoms with van der Waals surface area (Å²) in [5, 5.41) is 1.04. The van der Waals surface area contributed by atoms with E-state index >= 15 is 0 Å². The minimum absolute atomic E-state index is 0.663. The summed E-state index contributed by atoms with van der Waals surface area (Å²) < 4.78 is 16.9. The Kier molecular flexibility index (Phi) is 8.35. The average molecular weight is 318 g/mol. The summed E-state index contributed by atoms with van der Waals surface area (Å²) >= 11 is 2.14. The van der Waals surface area contributed by atoms with Crippen LogP contribution in [0.2, 0.25) is 0 Å². The molecule has 78 valence electrons. The summed E-state index contributed by atoms with van der Waals surface area (Å²) in [6, 6.07) is 0. The van der Waals surface area contributed by atoms with E-state index in [2.05, 4.69) is 22.6 Å². The van der Waals surface area contributed by atoms with Crippen molar-refractivity contribution in [3.05, 3.63) is 9.08 Å². The highest BCUT2D eigenvalue weighted by molar-refractivity contribution is 14.1. The Morgan fingerprint density at radius 2 is 1.69 bits per heavy atom. The highest BCUT2D eigenvalue weighted by Gasteiger charge is 2.15. The smallest absolute Gasteiger partial charge is 0.204 e. The standard InChI is InChI=1S/C8H16IO3P/c1-5-11-13(12-6-2)7(3)8(9)10-4/h5-6H2,1-4H3/b8-7+. The van der Waals surface area contributed by atoms with E-state index in [1.807, 2.05) is 20.8 Å². The molecule has 0 rings (SSSR count). The lowest BCUT2D eigenvalue weighted by atomic mass is 10.7. The van der Waals surface area contributed by atoms with Crippen LogP contribution in [0.3, 0.4) is 0 Å². The molecule has 13 heavy (non-hydrogen) atoms. The molecule has 0 aliphatic rings. The zero-order valence-corrected chi connectivity index (χ0v) is 11.5. The molecule has 0 unspecified atom stereocenters. The Morgan fingerprint density at radius 3 is 2.00 bits per heavy atom. The van der Waals surface area contributed by atoms with Crippen molar-refractivity contribution in [2.45, 2.75) is 20.8 Å². The van der Waals surface area contributed by atoms with Gasteiger partial charge in [0.1, 0.15) is 0 Å². The van der Waals surface area contributed by atoms with E-state index in [-0.39, 0.29) is 0 Å². The van der Waals surface area contributed by atoms with Gasteiger partial charge in [-0.2, -0.15) is 0 Å². The highest BCUT2D eigenvalue weighted by Crippen LogP contribution is 2.49. The van der Waals surface area contributed by atoms with E-state index in [1.165, 1.54) is 0 Å². The van der Waals surface area contributed by atoms with E-state index in [4.69, 9.17) is 13.8 Å². The van der Waals surface area contributed by atoms with Gasteiger partial charge in [-0.15, -0.1) is 0 Å². The predicted octanol–water partition coefficient (Wildman–Crippen LogP) is 3.64. The molecular weight excluding hydrogens is 302 g/mol. The van der Waals surface area contributed by atoms with Crippen LogP contribution < -0.4 is 0 Å². The number of hydrogen-bond acceptors (Lipinski definition) is 3. The van der Waals surface area contributed by atoms with E-state index in [0.29, 0.717) is 13.2 Å². The van der Waals surface area contributed by atoms with Gasteiger partial charge < -0.3 is 13.8 Å². The lowest BCUT2D eigenvalue weighted by molar-refractivity contribution is 0.271. The lowest BCUT2D eigenvalue weighted by Crippen LogP contribution is -1.93. The molecule has 0 heterocycles.